The highest BCUT2D eigenvalue weighted by Gasteiger charge is 2.06. The molecule has 24 heavy (non-hydrogen) atoms. The van der Waals surface area contributed by atoms with Crippen molar-refractivity contribution in [3.63, 3.8) is 0 Å². The Bertz CT molecular complexity index is 657. The van der Waals surface area contributed by atoms with Gasteiger partial charge in [0.05, 0.1) is 14.2 Å². The molecule has 128 valence electrons. The Hall–Kier alpha value is -2.69. The zero-order valence-corrected chi connectivity index (χ0v) is 14.5. The molecular weight excluding hydrogens is 302 g/mol. The fourth-order valence-corrected chi connectivity index (χ4v) is 2.37. The van der Waals surface area contributed by atoms with E-state index >= 15 is 0 Å². The zero-order valence-electron chi connectivity index (χ0n) is 14.5. The van der Waals surface area contributed by atoms with E-state index in [0.717, 1.165) is 31.0 Å². The first kappa shape index (κ1) is 17.7. The Balaban J connectivity index is 1.84. The van der Waals surface area contributed by atoms with E-state index in [0.29, 0.717) is 11.5 Å². The summed E-state index contributed by atoms with van der Waals surface area (Å²) >= 11 is 0. The van der Waals surface area contributed by atoms with Crippen molar-refractivity contribution in [1.29, 1.82) is 0 Å². The summed E-state index contributed by atoms with van der Waals surface area (Å²) in [5.74, 6) is 2.12. The molecule has 0 aliphatic heterocycles. The van der Waals surface area contributed by atoms with Gasteiger partial charge in [-0.15, -0.1) is 0 Å². The summed E-state index contributed by atoms with van der Waals surface area (Å²) in [5, 5.41) is 6.58. The third-order valence-electron chi connectivity index (χ3n) is 3.65. The minimum Gasteiger partial charge on any atom is -0.493 e. The highest BCUT2D eigenvalue weighted by atomic mass is 16.5. The summed E-state index contributed by atoms with van der Waals surface area (Å²) in [6, 6.07) is 16.2. The van der Waals surface area contributed by atoms with Crippen LogP contribution in [0.3, 0.4) is 0 Å². The Morgan fingerprint density at radius 1 is 1.00 bits per heavy atom. The standard InChI is InChI=1S/C19H25N3O2/c1-20-19(21-13-7-10-15-8-5-4-6-9-15)22-16-11-12-17(23-2)18(14-16)24-3/h4-6,8-9,11-12,14H,7,10,13H2,1-3H3,(H2,20,21,22). The lowest BCUT2D eigenvalue weighted by atomic mass is 10.1. The fraction of sp³-hybridized carbons (Fsp3) is 0.316. The van der Waals surface area contributed by atoms with Crippen LogP contribution in [0.25, 0.3) is 0 Å². The van der Waals surface area contributed by atoms with Crippen LogP contribution in [0.5, 0.6) is 11.5 Å². The minimum absolute atomic E-state index is 0.682. The molecular formula is C19H25N3O2. The number of benzene rings is 2. The molecule has 0 aliphatic rings. The largest absolute Gasteiger partial charge is 0.493 e. The molecule has 5 heteroatoms. The van der Waals surface area contributed by atoms with Gasteiger partial charge in [0.2, 0.25) is 0 Å². The third-order valence-corrected chi connectivity index (χ3v) is 3.65. The van der Waals surface area contributed by atoms with Crippen molar-refractivity contribution >= 4 is 11.6 Å². The van der Waals surface area contributed by atoms with E-state index in [9.17, 15) is 0 Å². The molecule has 5 nitrogen and oxygen atoms in total. The van der Waals surface area contributed by atoms with Crippen molar-refractivity contribution in [2.75, 3.05) is 33.1 Å². The minimum atomic E-state index is 0.682. The van der Waals surface area contributed by atoms with Gasteiger partial charge < -0.3 is 20.1 Å². The molecule has 0 amide bonds. The maximum Gasteiger partial charge on any atom is 0.195 e. The van der Waals surface area contributed by atoms with Crippen LogP contribution < -0.4 is 20.1 Å². The number of methoxy groups -OCH3 is 2. The number of anilines is 1. The topological polar surface area (TPSA) is 54.9 Å². The molecule has 0 spiro atoms. The molecule has 0 heterocycles. The molecule has 2 N–H and O–H groups in total. The van der Waals surface area contributed by atoms with Crippen molar-refractivity contribution in [1.82, 2.24) is 5.32 Å². The van der Waals surface area contributed by atoms with Gasteiger partial charge in [0.15, 0.2) is 17.5 Å². The van der Waals surface area contributed by atoms with E-state index in [1.54, 1.807) is 21.3 Å². The number of aryl methyl sites for hydroxylation is 1. The quantitative estimate of drug-likeness (QED) is 0.465. The molecule has 0 fully saturated rings. The van der Waals surface area contributed by atoms with Crippen molar-refractivity contribution in [2.24, 2.45) is 4.99 Å². The van der Waals surface area contributed by atoms with E-state index in [-0.39, 0.29) is 0 Å². The summed E-state index contributed by atoms with van der Waals surface area (Å²) in [5.41, 5.74) is 2.24. The summed E-state index contributed by atoms with van der Waals surface area (Å²) in [6.07, 6.45) is 2.08. The van der Waals surface area contributed by atoms with Gasteiger partial charge in [0, 0.05) is 25.3 Å². The molecule has 2 aromatic carbocycles. The second kappa shape index (κ2) is 9.45. The number of aliphatic imine (C=N–C) groups is 1. The van der Waals surface area contributed by atoms with Crippen molar-refractivity contribution in [3.8, 4) is 11.5 Å². The monoisotopic (exact) mass is 327 g/mol. The maximum absolute atomic E-state index is 5.31. The van der Waals surface area contributed by atoms with E-state index in [1.807, 2.05) is 24.3 Å². The second-order valence-electron chi connectivity index (χ2n) is 5.28. The van der Waals surface area contributed by atoms with Gasteiger partial charge in [-0.3, -0.25) is 4.99 Å². The van der Waals surface area contributed by atoms with E-state index < -0.39 is 0 Å². The number of rotatable bonds is 7. The van der Waals surface area contributed by atoms with Crippen LogP contribution >= 0.6 is 0 Å². The van der Waals surface area contributed by atoms with Gasteiger partial charge in [-0.1, -0.05) is 30.3 Å². The number of ether oxygens (including phenoxy) is 2. The molecule has 0 aromatic heterocycles. The average Bonchev–Trinajstić information content (AvgIpc) is 2.64. The molecule has 0 saturated heterocycles. The zero-order chi connectivity index (χ0) is 17.2. The van der Waals surface area contributed by atoms with E-state index in [2.05, 4.69) is 39.9 Å². The average molecular weight is 327 g/mol. The molecule has 0 aliphatic carbocycles. The molecule has 0 unspecified atom stereocenters. The Morgan fingerprint density at radius 3 is 2.42 bits per heavy atom. The summed E-state index contributed by atoms with van der Waals surface area (Å²) in [4.78, 5) is 4.25. The lowest BCUT2D eigenvalue weighted by Gasteiger charge is -2.14. The van der Waals surface area contributed by atoms with Crippen LogP contribution in [0.4, 0.5) is 5.69 Å². The maximum atomic E-state index is 5.31. The van der Waals surface area contributed by atoms with E-state index in [4.69, 9.17) is 9.47 Å². The lowest BCUT2D eigenvalue weighted by molar-refractivity contribution is 0.355. The first-order valence-corrected chi connectivity index (χ1v) is 8.00. The highest BCUT2D eigenvalue weighted by molar-refractivity contribution is 5.93. The molecule has 0 radical (unpaired) electrons. The summed E-state index contributed by atoms with van der Waals surface area (Å²) in [6.45, 7) is 0.849. The van der Waals surface area contributed by atoms with Crippen LogP contribution in [-0.4, -0.2) is 33.8 Å². The first-order chi connectivity index (χ1) is 11.8. The first-order valence-electron chi connectivity index (χ1n) is 8.00. The Morgan fingerprint density at radius 2 is 1.75 bits per heavy atom. The van der Waals surface area contributed by atoms with Gasteiger partial charge >= 0.3 is 0 Å². The molecule has 2 aromatic rings. The normalized spacial score (nSPS) is 11.0. The van der Waals surface area contributed by atoms with Gasteiger partial charge in [-0.25, -0.2) is 0 Å². The molecule has 0 saturated carbocycles. The van der Waals surface area contributed by atoms with Crippen molar-refractivity contribution in [2.45, 2.75) is 12.8 Å². The molecule has 0 atom stereocenters. The predicted molar refractivity (Wildman–Crippen MR) is 99.3 cm³/mol. The van der Waals surface area contributed by atoms with Crippen molar-refractivity contribution in [3.05, 3.63) is 54.1 Å². The Kier molecular flexibility index (Phi) is 6.95. The number of nitrogens with zero attached hydrogens (tertiary/aromatic N) is 1. The molecule has 2 rings (SSSR count). The van der Waals surface area contributed by atoms with Crippen molar-refractivity contribution < 1.29 is 9.47 Å². The summed E-state index contributed by atoms with van der Waals surface area (Å²) < 4.78 is 10.6. The van der Waals surface area contributed by atoms with Crippen LogP contribution in [0.15, 0.2) is 53.5 Å². The third kappa shape index (κ3) is 5.19. The van der Waals surface area contributed by atoms with Gasteiger partial charge in [-0.2, -0.15) is 0 Å². The van der Waals surface area contributed by atoms with Gasteiger partial charge in [0.1, 0.15) is 0 Å². The summed E-state index contributed by atoms with van der Waals surface area (Å²) in [7, 11) is 5.00. The fourth-order valence-electron chi connectivity index (χ4n) is 2.37. The predicted octanol–water partition coefficient (Wildman–Crippen LogP) is 3.32. The number of hydrogen-bond donors (Lipinski definition) is 2. The van der Waals surface area contributed by atoms with Crippen LogP contribution in [-0.2, 0) is 6.42 Å². The van der Waals surface area contributed by atoms with Crippen LogP contribution in [0.1, 0.15) is 12.0 Å². The second-order valence-corrected chi connectivity index (χ2v) is 5.28. The Labute approximate surface area is 143 Å². The lowest BCUT2D eigenvalue weighted by Crippen LogP contribution is -2.31. The highest BCUT2D eigenvalue weighted by Crippen LogP contribution is 2.29. The van der Waals surface area contributed by atoms with Crippen LogP contribution in [0.2, 0.25) is 0 Å². The number of hydrogen-bond acceptors (Lipinski definition) is 3. The van der Waals surface area contributed by atoms with Crippen LogP contribution in [0, 0.1) is 0 Å². The number of nitrogens with one attached hydrogen (secondary N) is 2. The molecule has 0 bridgehead atoms. The number of guanidine groups is 1. The SMILES string of the molecule is CN=C(NCCCc1ccccc1)Nc1ccc(OC)c(OC)c1. The van der Waals surface area contributed by atoms with Gasteiger partial charge in [0.25, 0.3) is 0 Å². The smallest absolute Gasteiger partial charge is 0.195 e. The van der Waals surface area contributed by atoms with Gasteiger partial charge in [-0.05, 0) is 30.5 Å². The van der Waals surface area contributed by atoms with E-state index in [1.165, 1.54) is 5.56 Å².